The number of nitrogens with zero attached hydrogens (tertiary/aromatic N) is 6. The third-order valence-electron chi connectivity index (χ3n) is 31.6. The van der Waals surface area contributed by atoms with E-state index in [0.717, 1.165) is 237 Å². The van der Waals surface area contributed by atoms with Crippen molar-refractivity contribution >= 4 is 81.4 Å². The lowest BCUT2D eigenvalue weighted by atomic mass is 9.68. The number of carbonyl (C=O) groups is 6. The van der Waals surface area contributed by atoms with Crippen molar-refractivity contribution < 1.29 is 43.0 Å². The lowest BCUT2D eigenvalue weighted by molar-refractivity contribution is -0.119. The second-order valence-corrected chi connectivity index (χ2v) is 48.1. The van der Waals surface area contributed by atoms with Gasteiger partial charge >= 0.3 is 0 Å². The van der Waals surface area contributed by atoms with Gasteiger partial charge in [-0.1, -0.05) is 198 Å². The molecule has 6 aromatic carbocycles. The first-order valence-electron chi connectivity index (χ1n) is 51.7. The van der Waals surface area contributed by atoms with E-state index < -0.39 is 0 Å². The van der Waals surface area contributed by atoms with Gasteiger partial charge in [-0.25, -0.2) is 0 Å². The number of ketones is 6. The maximum atomic E-state index is 13.1. The molecule has 6 aromatic heterocycles. The van der Waals surface area contributed by atoms with E-state index in [1.165, 1.54) is 43.8 Å². The van der Waals surface area contributed by atoms with Crippen LogP contribution in [0.25, 0.3) is 0 Å². The number of anilines is 6. The number of ether oxygens (including phenoxy) is 3. The molecule has 13 aliphatic rings. The predicted octanol–water partition coefficient (Wildman–Crippen LogP) is 24.9. The fourth-order valence-electron chi connectivity index (χ4n) is 25.1. The number of thioether (sulfide) groups is 1. The van der Waals surface area contributed by atoms with Crippen molar-refractivity contribution in [3.05, 3.63) is 325 Å². The molecule has 0 radical (unpaired) electrons. The Kier molecular flexibility index (Phi) is 26.2. The van der Waals surface area contributed by atoms with Gasteiger partial charge in [0, 0.05) is 214 Å². The molecule has 28 heteroatoms. The van der Waals surface area contributed by atoms with E-state index in [0.29, 0.717) is 38.5 Å². The molecule has 12 N–H and O–H groups in total. The zero-order chi connectivity index (χ0) is 105. The minimum atomic E-state index is -0.141. The van der Waals surface area contributed by atoms with Gasteiger partial charge in [0.15, 0.2) is 81.1 Å². The van der Waals surface area contributed by atoms with Crippen molar-refractivity contribution in [3.8, 4) is 17.2 Å². The van der Waals surface area contributed by atoms with Crippen LogP contribution in [0.3, 0.4) is 0 Å². The molecule has 0 fully saturated rings. The Balaban J connectivity index is 0.000000108. The van der Waals surface area contributed by atoms with Gasteiger partial charge in [-0.05, 0) is 214 Å². The molecule has 7 aliphatic heterocycles. The number of aryl methyl sites for hydroxylation is 9. The summed E-state index contributed by atoms with van der Waals surface area (Å²) in [7, 11) is 1.66. The third kappa shape index (κ3) is 19.0. The summed E-state index contributed by atoms with van der Waals surface area (Å²) in [6.45, 7) is 44.5. The molecular formula is C120H136N18O9S. The maximum absolute atomic E-state index is 13.1. The van der Waals surface area contributed by atoms with Gasteiger partial charge in [0.1, 0.15) is 5.75 Å². The SMILES string of the molecule is COc1ccc(C2C3=C(CC(C)(C)CC3=O)Nc3n[nH]c(C)c32)cc1.CSc1ccccc1C1C2=C(CC(C)(C)CC2=O)Nc2n[nH]c(C)c21.Cc1[nH]nc2c1C(c1ccc3c(c1)OCO3)C1=C(CC(C)(C)CC1=O)N2.Cc1cccc(C2C3=C(CC(C)(C)CC3=O)Nc3n[nH]c(C)c32)c1.Cc1ccccc1C1C2=C(CC(C)(C)CC2=O)Nc2n[nH]c(C)c21.Cc1ccccc1[C@@H]1C2=C(CC(C)(C)CC2=O)Nc2n[nH]c(C)c21. The van der Waals surface area contributed by atoms with E-state index in [4.69, 9.17) is 14.2 Å². The molecule has 5 unspecified atom stereocenters. The molecule has 25 rings (SSSR count). The largest absolute Gasteiger partial charge is 0.497 e. The van der Waals surface area contributed by atoms with Crippen LogP contribution in [0.5, 0.6) is 17.2 Å². The first-order chi connectivity index (χ1) is 70.3. The number of allylic oxidation sites excluding steroid dienone is 12. The van der Waals surface area contributed by atoms with E-state index in [1.54, 1.807) is 18.9 Å². The number of Topliss-reactive ketones (excluding diaryl/α,β-unsaturated/α-hetero) is 6. The minimum absolute atomic E-state index is 0.0110. The first-order valence-corrected chi connectivity index (χ1v) is 52.9. The monoisotopic (exact) mass is 2010 g/mol. The number of rotatable bonds is 8. The fraction of sp³-hybridized carbons (Fsp3) is 0.400. The lowest BCUT2D eigenvalue weighted by Crippen LogP contribution is -2.34. The quantitative estimate of drug-likeness (QED) is 0.0629. The van der Waals surface area contributed by atoms with E-state index >= 15 is 0 Å². The molecule has 13 heterocycles. The van der Waals surface area contributed by atoms with Crippen molar-refractivity contribution in [1.82, 2.24) is 61.2 Å². The van der Waals surface area contributed by atoms with Crippen LogP contribution in [0.1, 0.15) is 313 Å². The molecule has 148 heavy (non-hydrogen) atoms. The summed E-state index contributed by atoms with van der Waals surface area (Å²) < 4.78 is 16.3. The standard InChI is InChI=1S/C20H21N3O3.C20H23N3O2.C20H23N3OS.3C20H23N3O/c1-10-16-17(11-4-5-14-15(6-11)26-9-25-14)18-12(21-19(16)23-22-10)7-20(2,3)8-13(18)24;1-11-16-17(12-5-7-13(25-4)8-6-12)18-14(21-19(16)23-22-11)9-20(2,3)10-15(18)24;1-11-16-17(12-7-5-6-8-15(12)25-4)18-13(21-19(16)23-22-11)9-20(2,3)10-14(18)24;1-11-6-5-7-13(8-11)17-16-12(2)22-23-19(16)21-14-9-20(3,4)10-15(24)18(14)17;2*1-11-7-5-6-8-13(11)17-16-12(2)22-23-19(16)21-14-9-20(3,4)10-15(24)18(14)17/h4-6,17H,7-9H2,1-3H3,(H2,21,22,23);2*5-8,17H,9-10H2,1-4H3,(H2,21,22,23);3*5-8,17H,9-10H2,1-4H3,(H2,21,22,23)/t;;;;17-;/m....0./s1. The number of methoxy groups -OCH3 is 1. The number of nitrogens with one attached hydrogen (secondary N) is 12. The number of benzene rings is 6. The number of carbonyl (C=O) groups excluding carboxylic acids is 6. The van der Waals surface area contributed by atoms with Crippen LogP contribution in [-0.4, -0.2) is 116 Å². The highest BCUT2D eigenvalue weighted by molar-refractivity contribution is 7.98. The summed E-state index contributed by atoms with van der Waals surface area (Å²) in [5, 5.41) is 65.8. The number of hydrogen-bond donors (Lipinski definition) is 12. The van der Waals surface area contributed by atoms with Crippen molar-refractivity contribution in [3.63, 3.8) is 0 Å². The number of fused-ring (bicyclic) bond motifs is 7. The lowest BCUT2D eigenvalue weighted by Gasteiger charge is -2.38. The summed E-state index contributed by atoms with van der Waals surface area (Å²) in [5.41, 5.74) is 34.6. The number of aromatic amines is 6. The predicted molar refractivity (Wildman–Crippen MR) is 580 cm³/mol. The van der Waals surface area contributed by atoms with Crippen LogP contribution in [-0.2, 0) is 28.8 Å². The molecule has 766 valence electrons. The highest BCUT2D eigenvalue weighted by Crippen LogP contribution is 2.59. The zero-order valence-electron chi connectivity index (χ0n) is 89.2. The van der Waals surface area contributed by atoms with Crippen LogP contribution in [0.4, 0.5) is 34.9 Å². The summed E-state index contributed by atoms with van der Waals surface area (Å²) in [5.74, 6) is 8.51. The zero-order valence-corrected chi connectivity index (χ0v) is 90.0. The smallest absolute Gasteiger partial charge is 0.231 e. The van der Waals surface area contributed by atoms with Gasteiger partial charge in [-0.2, -0.15) is 30.6 Å². The Hall–Kier alpha value is -14.4. The van der Waals surface area contributed by atoms with E-state index in [9.17, 15) is 28.8 Å². The third-order valence-corrected chi connectivity index (χ3v) is 32.4. The Morgan fingerprint density at radius 3 is 0.872 bits per heavy atom. The van der Waals surface area contributed by atoms with Gasteiger partial charge in [-0.15, -0.1) is 11.8 Å². The Morgan fingerprint density at radius 2 is 0.561 bits per heavy atom. The second-order valence-electron chi connectivity index (χ2n) is 47.3. The Labute approximate surface area is 869 Å². The highest BCUT2D eigenvalue weighted by Gasteiger charge is 2.51. The molecule has 0 spiro atoms. The van der Waals surface area contributed by atoms with Gasteiger partial charge in [-0.3, -0.25) is 59.4 Å². The van der Waals surface area contributed by atoms with E-state index in [1.807, 2.05) is 96.1 Å². The highest BCUT2D eigenvalue weighted by atomic mass is 32.2. The van der Waals surface area contributed by atoms with Crippen molar-refractivity contribution in [2.75, 3.05) is 52.1 Å². The van der Waals surface area contributed by atoms with Crippen LogP contribution in [0, 0.1) is 94.8 Å². The fourth-order valence-corrected chi connectivity index (χ4v) is 25.8. The maximum Gasteiger partial charge on any atom is 0.231 e. The summed E-state index contributed by atoms with van der Waals surface area (Å²) in [6.07, 6.45) is 10.8. The molecule has 12 aromatic rings. The molecule has 0 saturated carbocycles. The molecule has 0 saturated heterocycles. The summed E-state index contributed by atoms with van der Waals surface area (Å²) in [4.78, 5) is 79.6. The van der Waals surface area contributed by atoms with Crippen LogP contribution < -0.4 is 46.1 Å². The second kappa shape index (κ2) is 38.4. The topological polar surface area (TPSA) is 374 Å². The number of aromatic nitrogens is 12. The average Bonchev–Trinajstić information content (AvgIpc) is 1.16. The van der Waals surface area contributed by atoms with Crippen molar-refractivity contribution in [2.45, 2.75) is 263 Å². The minimum Gasteiger partial charge on any atom is -0.497 e. The normalized spacial score (nSPS) is 22.0. The van der Waals surface area contributed by atoms with E-state index in [-0.39, 0.29) is 109 Å². The first kappa shape index (κ1) is 101. The van der Waals surface area contributed by atoms with Gasteiger partial charge in [0.05, 0.1) is 7.11 Å². The Morgan fingerprint density at radius 1 is 0.291 bits per heavy atom. The molecule has 0 amide bonds. The van der Waals surface area contributed by atoms with Crippen LogP contribution >= 0.6 is 11.8 Å². The summed E-state index contributed by atoms with van der Waals surface area (Å²) in [6, 6.07) is 47.5. The molecular weight excluding hydrogens is 1870 g/mol. The molecule has 6 aliphatic carbocycles. The Bertz CT molecular complexity index is 7520. The van der Waals surface area contributed by atoms with Crippen molar-refractivity contribution in [2.24, 2.45) is 32.5 Å². The van der Waals surface area contributed by atoms with E-state index in [2.05, 4.69) is 288 Å². The molecule has 0 bridgehead atoms. The van der Waals surface area contributed by atoms with Gasteiger partial charge < -0.3 is 46.1 Å². The van der Waals surface area contributed by atoms with Gasteiger partial charge in [0.25, 0.3) is 0 Å². The van der Waals surface area contributed by atoms with Gasteiger partial charge in [0.2, 0.25) is 6.79 Å². The molecule has 27 nitrogen and oxygen atoms in total. The van der Waals surface area contributed by atoms with Crippen LogP contribution in [0.2, 0.25) is 0 Å². The number of H-pyrrole nitrogens is 6. The van der Waals surface area contributed by atoms with Crippen LogP contribution in [0.15, 0.2) is 212 Å². The number of hydrogen-bond acceptors (Lipinski definition) is 22. The van der Waals surface area contributed by atoms with Crippen molar-refractivity contribution in [1.29, 1.82) is 0 Å². The molecule has 6 atom stereocenters. The summed E-state index contributed by atoms with van der Waals surface area (Å²) >= 11 is 1.73. The average molecular weight is 2010 g/mol.